The Morgan fingerprint density at radius 1 is 1.06 bits per heavy atom. The van der Waals surface area contributed by atoms with Gasteiger partial charge in [-0.25, -0.2) is 9.29 Å². The van der Waals surface area contributed by atoms with Crippen LogP contribution < -0.4 is 19.7 Å². The standard InChI is InChI=1S/C25H18ClFN2O4S/c1-32-22-13-16(8-11-21(22)33-14-15-6-9-17(26)10-7-15)12-18-23(30)28-25(34)29(24(18)31)20-5-3-2-4-19(20)27/h2-13H,14H2,1H3,(H,28,30,34)/b18-12+. The van der Waals surface area contributed by atoms with Crippen LogP contribution in [0.1, 0.15) is 11.1 Å². The van der Waals surface area contributed by atoms with Crippen LogP contribution in [-0.4, -0.2) is 24.0 Å². The fourth-order valence-corrected chi connectivity index (χ4v) is 3.71. The summed E-state index contributed by atoms with van der Waals surface area (Å²) in [4.78, 5) is 26.6. The average molecular weight is 497 g/mol. The Morgan fingerprint density at radius 3 is 2.50 bits per heavy atom. The Bertz CT molecular complexity index is 1310. The number of halogens is 2. The zero-order valence-electron chi connectivity index (χ0n) is 17.9. The molecule has 1 fully saturated rings. The Hall–Kier alpha value is -3.75. The molecule has 1 saturated heterocycles. The molecule has 1 heterocycles. The van der Waals surface area contributed by atoms with Gasteiger partial charge < -0.3 is 9.47 Å². The number of anilines is 1. The fraction of sp³-hybridized carbons (Fsp3) is 0.0800. The minimum atomic E-state index is -0.735. The maximum absolute atomic E-state index is 14.3. The minimum Gasteiger partial charge on any atom is -0.493 e. The molecule has 6 nitrogen and oxygen atoms in total. The van der Waals surface area contributed by atoms with Gasteiger partial charge in [0.15, 0.2) is 16.6 Å². The Morgan fingerprint density at radius 2 is 1.79 bits per heavy atom. The van der Waals surface area contributed by atoms with Crippen LogP contribution in [0.5, 0.6) is 11.5 Å². The van der Waals surface area contributed by atoms with Gasteiger partial charge in [-0.1, -0.05) is 41.9 Å². The number of methoxy groups -OCH3 is 1. The highest BCUT2D eigenvalue weighted by atomic mass is 35.5. The molecule has 1 aliphatic rings. The van der Waals surface area contributed by atoms with E-state index in [4.69, 9.17) is 33.3 Å². The molecule has 0 saturated carbocycles. The summed E-state index contributed by atoms with van der Waals surface area (Å²) in [6.07, 6.45) is 1.39. The number of para-hydroxylation sites is 1. The van der Waals surface area contributed by atoms with E-state index in [9.17, 15) is 14.0 Å². The van der Waals surface area contributed by atoms with Gasteiger partial charge in [-0.3, -0.25) is 14.9 Å². The Balaban J connectivity index is 1.60. The van der Waals surface area contributed by atoms with Crippen molar-refractivity contribution in [2.75, 3.05) is 12.0 Å². The second kappa shape index (κ2) is 10.0. The first-order chi connectivity index (χ1) is 16.4. The van der Waals surface area contributed by atoms with Crippen molar-refractivity contribution in [3.05, 3.63) is 94.3 Å². The predicted octanol–water partition coefficient (Wildman–Crippen LogP) is 4.90. The third kappa shape index (κ3) is 4.93. The van der Waals surface area contributed by atoms with Crippen molar-refractivity contribution in [2.24, 2.45) is 0 Å². The first kappa shape index (κ1) is 23.4. The largest absolute Gasteiger partial charge is 0.493 e. The number of carbonyl (C=O) groups excluding carboxylic acids is 2. The van der Waals surface area contributed by atoms with Crippen molar-refractivity contribution in [1.82, 2.24) is 5.32 Å². The summed E-state index contributed by atoms with van der Waals surface area (Å²) in [5.74, 6) is -1.16. The van der Waals surface area contributed by atoms with Gasteiger partial charge in [0.2, 0.25) is 0 Å². The molecule has 3 aromatic rings. The average Bonchev–Trinajstić information content (AvgIpc) is 2.83. The highest BCUT2D eigenvalue weighted by Gasteiger charge is 2.35. The number of thiocarbonyl (C=S) groups is 1. The van der Waals surface area contributed by atoms with Crippen LogP contribution in [0.25, 0.3) is 6.08 Å². The molecule has 0 unspecified atom stereocenters. The topological polar surface area (TPSA) is 67.9 Å². The number of nitrogens with zero attached hydrogens (tertiary/aromatic N) is 1. The van der Waals surface area contributed by atoms with Crippen molar-refractivity contribution in [3.63, 3.8) is 0 Å². The molecule has 0 aliphatic carbocycles. The van der Waals surface area contributed by atoms with Gasteiger partial charge in [-0.05, 0) is 65.8 Å². The zero-order chi connectivity index (χ0) is 24.2. The summed E-state index contributed by atoms with van der Waals surface area (Å²) in [6.45, 7) is 0.296. The minimum absolute atomic E-state index is 0.0491. The van der Waals surface area contributed by atoms with E-state index >= 15 is 0 Å². The van der Waals surface area contributed by atoms with Crippen molar-refractivity contribution >= 4 is 52.5 Å². The molecular formula is C25H18ClFN2O4S. The van der Waals surface area contributed by atoms with Crippen LogP contribution in [0.2, 0.25) is 5.02 Å². The summed E-state index contributed by atoms with van der Waals surface area (Å²) in [6, 6.07) is 17.9. The quantitative estimate of drug-likeness (QED) is 0.299. The number of nitrogens with one attached hydrogen (secondary N) is 1. The lowest BCUT2D eigenvalue weighted by atomic mass is 10.1. The van der Waals surface area contributed by atoms with E-state index in [1.807, 2.05) is 12.1 Å². The highest BCUT2D eigenvalue weighted by molar-refractivity contribution is 7.80. The van der Waals surface area contributed by atoms with Crippen LogP contribution in [0.3, 0.4) is 0 Å². The molecule has 4 rings (SSSR count). The number of hydrogen-bond donors (Lipinski definition) is 1. The number of amides is 2. The molecule has 0 atom stereocenters. The fourth-order valence-electron chi connectivity index (χ4n) is 3.31. The monoisotopic (exact) mass is 496 g/mol. The van der Waals surface area contributed by atoms with Gasteiger partial charge in [-0.2, -0.15) is 0 Å². The molecule has 34 heavy (non-hydrogen) atoms. The Kier molecular flexibility index (Phi) is 6.90. The van der Waals surface area contributed by atoms with E-state index in [1.165, 1.54) is 31.4 Å². The van der Waals surface area contributed by atoms with E-state index in [1.54, 1.807) is 36.4 Å². The molecule has 0 aromatic heterocycles. The van der Waals surface area contributed by atoms with Gasteiger partial charge in [0.05, 0.1) is 12.8 Å². The molecule has 0 bridgehead atoms. The number of ether oxygens (including phenoxy) is 2. The van der Waals surface area contributed by atoms with Crippen LogP contribution in [0.4, 0.5) is 10.1 Å². The second-order valence-corrected chi connectivity index (χ2v) is 8.06. The van der Waals surface area contributed by atoms with Crippen molar-refractivity contribution in [2.45, 2.75) is 6.61 Å². The highest BCUT2D eigenvalue weighted by Crippen LogP contribution is 2.31. The number of hydrogen-bond acceptors (Lipinski definition) is 5. The first-order valence-corrected chi connectivity index (χ1v) is 10.9. The molecule has 1 aliphatic heterocycles. The first-order valence-electron chi connectivity index (χ1n) is 10.1. The lowest BCUT2D eigenvalue weighted by Gasteiger charge is -2.29. The summed E-state index contributed by atoms with van der Waals surface area (Å²) < 4.78 is 25.6. The van der Waals surface area contributed by atoms with Gasteiger partial charge in [0.25, 0.3) is 11.8 Å². The van der Waals surface area contributed by atoms with Gasteiger partial charge >= 0.3 is 0 Å². The summed E-state index contributed by atoms with van der Waals surface area (Å²) in [7, 11) is 1.48. The van der Waals surface area contributed by atoms with Crippen LogP contribution >= 0.6 is 23.8 Å². The van der Waals surface area contributed by atoms with E-state index < -0.39 is 17.6 Å². The third-order valence-corrected chi connectivity index (χ3v) is 5.54. The summed E-state index contributed by atoms with van der Waals surface area (Å²) >= 11 is 11.0. The van der Waals surface area contributed by atoms with E-state index in [0.29, 0.717) is 28.7 Å². The molecule has 0 radical (unpaired) electrons. The van der Waals surface area contributed by atoms with Crippen LogP contribution in [0, 0.1) is 5.82 Å². The van der Waals surface area contributed by atoms with Gasteiger partial charge in [0, 0.05) is 5.02 Å². The Labute approximate surface area is 205 Å². The maximum atomic E-state index is 14.3. The SMILES string of the molecule is COc1cc(/C=C2\C(=O)NC(=S)N(c3ccccc3F)C2=O)ccc1OCc1ccc(Cl)cc1. The van der Waals surface area contributed by atoms with Crippen LogP contribution in [-0.2, 0) is 16.2 Å². The summed E-state index contributed by atoms with van der Waals surface area (Å²) in [5, 5.41) is 2.88. The lowest BCUT2D eigenvalue weighted by molar-refractivity contribution is -0.122. The number of benzene rings is 3. The molecule has 3 aromatic carbocycles. The predicted molar refractivity (Wildman–Crippen MR) is 131 cm³/mol. The van der Waals surface area contributed by atoms with Crippen LogP contribution in [0.15, 0.2) is 72.3 Å². The molecule has 9 heteroatoms. The van der Waals surface area contributed by atoms with Crippen molar-refractivity contribution in [1.29, 1.82) is 0 Å². The smallest absolute Gasteiger partial charge is 0.270 e. The van der Waals surface area contributed by atoms with E-state index in [0.717, 1.165) is 10.5 Å². The van der Waals surface area contributed by atoms with E-state index in [2.05, 4.69) is 5.32 Å². The molecule has 172 valence electrons. The lowest BCUT2D eigenvalue weighted by Crippen LogP contribution is -2.54. The van der Waals surface area contributed by atoms with Crippen molar-refractivity contribution in [3.8, 4) is 11.5 Å². The zero-order valence-corrected chi connectivity index (χ0v) is 19.5. The number of rotatable bonds is 6. The maximum Gasteiger partial charge on any atom is 0.270 e. The molecule has 2 amide bonds. The van der Waals surface area contributed by atoms with E-state index in [-0.39, 0.29) is 16.4 Å². The second-order valence-electron chi connectivity index (χ2n) is 7.23. The molecule has 0 spiro atoms. The van der Waals surface area contributed by atoms with Gasteiger partial charge in [0.1, 0.15) is 18.0 Å². The molecular weight excluding hydrogens is 479 g/mol. The normalized spacial score (nSPS) is 14.9. The van der Waals surface area contributed by atoms with Gasteiger partial charge in [-0.15, -0.1) is 0 Å². The third-order valence-electron chi connectivity index (χ3n) is 5.00. The summed E-state index contributed by atoms with van der Waals surface area (Å²) in [5.41, 5.74) is 1.18. The number of carbonyl (C=O) groups is 2. The van der Waals surface area contributed by atoms with Crippen molar-refractivity contribution < 1.29 is 23.5 Å². The molecule has 1 N–H and O–H groups in total.